The molecule has 0 bridgehead atoms. The number of hydrogen-bond acceptors (Lipinski definition) is 4. The first kappa shape index (κ1) is 20.0. The lowest BCUT2D eigenvalue weighted by molar-refractivity contribution is -0.172. The lowest BCUT2D eigenvalue weighted by Crippen LogP contribution is -2.40. The van der Waals surface area contributed by atoms with Crippen LogP contribution in [0.1, 0.15) is 45.6 Å². The number of allylic oxidation sites excluding steroid dienone is 2. The Kier molecular flexibility index (Phi) is 6.41. The van der Waals surface area contributed by atoms with Crippen LogP contribution in [0.25, 0.3) is 6.08 Å². The van der Waals surface area contributed by atoms with Crippen LogP contribution in [-0.4, -0.2) is 25.2 Å². The van der Waals surface area contributed by atoms with Crippen molar-refractivity contribution in [1.29, 1.82) is 0 Å². The molecular weight excluding hydrogens is 328 g/mol. The van der Waals surface area contributed by atoms with Gasteiger partial charge in [-0.3, -0.25) is 9.59 Å². The minimum absolute atomic E-state index is 0.233. The van der Waals surface area contributed by atoms with Gasteiger partial charge < -0.3 is 9.47 Å². The van der Waals surface area contributed by atoms with Gasteiger partial charge in [-0.15, -0.1) is 0 Å². The lowest BCUT2D eigenvalue weighted by atomic mass is 9.77. The Hall–Kier alpha value is -2.36. The van der Waals surface area contributed by atoms with Gasteiger partial charge in [-0.1, -0.05) is 61.6 Å². The molecule has 26 heavy (non-hydrogen) atoms. The van der Waals surface area contributed by atoms with E-state index in [1.165, 1.54) is 0 Å². The summed E-state index contributed by atoms with van der Waals surface area (Å²) in [5.74, 6) is -1.01. The predicted molar refractivity (Wildman–Crippen MR) is 102 cm³/mol. The molecule has 1 unspecified atom stereocenters. The summed E-state index contributed by atoms with van der Waals surface area (Å²) in [5.41, 5.74) is 0.363. The van der Waals surface area contributed by atoms with Crippen LogP contribution in [0.5, 0.6) is 0 Å². The molecular formula is C22H28O4. The summed E-state index contributed by atoms with van der Waals surface area (Å²) in [4.78, 5) is 25.3. The molecule has 0 N–H and O–H groups in total. The summed E-state index contributed by atoms with van der Waals surface area (Å²) in [6.07, 6.45) is 5.46. The number of hydrogen-bond donors (Lipinski definition) is 0. The summed E-state index contributed by atoms with van der Waals surface area (Å²) in [5, 5.41) is 0. The van der Waals surface area contributed by atoms with E-state index in [0.717, 1.165) is 11.1 Å². The van der Waals surface area contributed by atoms with Crippen LogP contribution in [0, 0.1) is 10.8 Å². The van der Waals surface area contributed by atoms with Gasteiger partial charge in [0.2, 0.25) is 0 Å². The van der Waals surface area contributed by atoms with Gasteiger partial charge in [0.15, 0.2) is 5.41 Å². The average Bonchev–Trinajstić information content (AvgIpc) is 2.89. The highest BCUT2D eigenvalue weighted by molar-refractivity contribution is 6.01. The molecule has 1 fully saturated rings. The maximum absolute atomic E-state index is 12.6. The normalized spacial score (nSPS) is 21.7. The Morgan fingerprint density at radius 1 is 1.12 bits per heavy atom. The van der Waals surface area contributed by atoms with Gasteiger partial charge in [0.25, 0.3) is 0 Å². The van der Waals surface area contributed by atoms with Crippen LogP contribution in [0.4, 0.5) is 0 Å². The number of ether oxygens (including phenoxy) is 2. The smallest absolute Gasteiger partial charge is 0.323 e. The van der Waals surface area contributed by atoms with E-state index in [1.807, 2.05) is 43.3 Å². The fourth-order valence-corrected chi connectivity index (χ4v) is 3.58. The van der Waals surface area contributed by atoms with Crippen molar-refractivity contribution >= 4 is 18.0 Å². The van der Waals surface area contributed by atoms with E-state index >= 15 is 0 Å². The summed E-state index contributed by atoms with van der Waals surface area (Å²) in [6, 6.07) is 10.0. The zero-order valence-electron chi connectivity index (χ0n) is 15.9. The standard InChI is InChI=1S/C22H28O4/c1-5-25-19(23)22(20(24)26-6-2)15-17(3)21(4,16-22)14-10-13-18-11-8-7-9-12-18/h7-13H,3,5-6,14-16H2,1-2,4H3/b13-10+. The molecule has 4 nitrogen and oxygen atoms in total. The molecule has 0 aliphatic heterocycles. The molecule has 1 aromatic carbocycles. The quantitative estimate of drug-likeness (QED) is 0.408. The number of carbonyl (C=O) groups excluding carboxylic acids is 2. The number of carbonyl (C=O) groups is 2. The molecule has 1 atom stereocenters. The van der Waals surface area contributed by atoms with Crippen molar-refractivity contribution in [2.24, 2.45) is 10.8 Å². The molecule has 2 rings (SSSR count). The van der Waals surface area contributed by atoms with Gasteiger partial charge in [0.05, 0.1) is 13.2 Å². The van der Waals surface area contributed by atoms with Crippen molar-refractivity contribution in [3.05, 3.63) is 54.1 Å². The maximum Gasteiger partial charge on any atom is 0.323 e. The molecule has 1 aliphatic carbocycles. The van der Waals surface area contributed by atoms with Crippen molar-refractivity contribution in [2.75, 3.05) is 13.2 Å². The van der Waals surface area contributed by atoms with E-state index in [0.29, 0.717) is 12.8 Å². The van der Waals surface area contributed by atoms with Gasteiger partial charge in [-0.25, -0.2) is 0 Å². The van der Waals surface area contributed by atoms with Crippen molar-refractivity contribution in [1.82, 2.24) is 0 Å². The van der Waals surface area contributed by atoms with Crippen molar-refractivity contribution in [3.63, 3.8) is 0 Å². The van der Waals surface area contributed by atoms with Crippen LogP contribution in [-0.2, 0) is 19.1 Å². The van der Waals surface area contributed by atoms with Gasteiger partial charge in [0, 0.05) is 0 Å². The first-order chi connectivity index (χ1) is 12.4. The zero-order chi connectivity index (χ0) is 19.2. The molecule has 0 radical (unpaired) electrons. The van der Waals surface area contributed by atoms with Gasteiger partial charge >= 0.3 is 11.9 Å². The summed E-state index contributed by atoms with van der Waals surface area (Å²) in [6.45, 7) is 10.2. The summed E-state index contributed by atoms with van der Waals surface area (Å²) >= 11 is 0. The Morgan fingerprint density at radius 3 is 2.23 bits per heavy atom. The van der Waals surface area contributed by atoms with Crippen LogP contribution in [0.2, 0.25) is 0 Å². The van der Waals surface area contributed by atoms with Gasteiger partial charge in [0.1, 0.15) is 0 Å². The Labute approximate surface area is 155 Å². The van der Waals surface area contributed by atoms with Crippen LogP contribution in [0.3, 0.4) is 0 Å². The third kappa shape index (κ3) is 4.06. The highest BCUT2D eigenvalue weighted by Gasteiger charge is 2.58. The van der Waals surface area contributed by atoms with E-state index in [9.17, 15) is 9.59 Å². The highest BCUT2D eigenvalue weighted by Crippen LogP contribution is 2.55. The molecule has 1 saturated carbocycles. The Morgan fingerprint density at radius 2 is 1.69 bits per heavy atom. The molecule has 1 aromatic rings. The number of benzene rings is 1. The van der Waals surface area contributed by atoms with Crippen LogP contribution < -0.4 is 0 Å². The summed E-state index contributed by atoms with van der Waals surface area (Å²) < 4.78 is 10.4. The fourth-order valence-electron chi connectivity index (χ4n) is 3.58. The first-order valence-corrected chi connectivity index (χ1v) is 9.12. The van der Waals surface area contributed by atoms with Crippen molar-refractivity contribution < 1.29 is 19.1 Å². The summed E-state index contributed by atoms with van der Waals surface area (Å²) in [7, 11) is 0. The van der Waals surface area contributed by atoms with Crippen LogP contribution in [0.15, 0.2) is 48.6 Å². The van der Waals surface area contributed by atoms with E-state index in [-0.39, 0.29) is 25.0 Å². The predicted octanol–water partition coefficient (Wildman–Crippen LogP) is 4.56. The second-order valence-corrected chi connectivity index (χ2v) is 7.06. The molecule has 0 amide bonds. The third-order valence-corrected chi connectivity index (χ3v) is 5.07. The van der Waals surface area contributed by atoms with Crippen molar-refractivity contribution in [2.45, 2.75) is 40.0 Å². The van der Waals surface area contributed by atoms with Gasteiger partial charge in [-0.05, 0) is 44.1 Å². The third-order valence-electron chi connectivity index (χ3n) is 5.07. The Balaban J connectivity index is 2.22. The minimum atomic E-state index is -1.28. The van der Waals surface area contributed by atoms with Crippen LogP contribution >= 0.6 is 0 Å². The second kappa shape index (κ2) is 8.35. The number of rotatable bonds is 7. The second-order valence-electron chi connectivity index (χ2n) is 7.06. The molecule has 0 heterocycles. The molecule has 0 aromatic heterocycles. The van der Waals surface area contributed by atoms with E-state index in [4.69, 9.17) is 9.47 Å². The monoisotopic (exact) mass is 356 g/mol. The lowest BCUT2D eigenvalue weighted by Gasteiger charge is -2.28. The molecule has 1 aliphatic rings. The fraction of sp³-hybridized carbons (Fsp3) is 0.455. The molecule has 0 spiro atoms. The first-order valence-electron chi connectivity index (χ1n) is 9.12. The zero-order valence-corrected chi connectivity index (χ0v) is 15.9. The van der Waals surface area contributed by atoms with E-state index in [1.54, 1.807) is 13.8 Å². The van der Waals surface area contributed by atoms with E-state index in [2.05, 4.69) is 12.7 Å². The molecule has 140 valence electrons. The topological polar surface area (TPSA) is 52.6 Å². The van der Waals surface area contributed by atoms with E-state index < -0.39 is 17.4 Å². The number of esters is 2. The SMILES string of the molecule is C=C1CC(C(=O)OCC)(C(=O)OCC)CC1(C)C/C=C/c1ccccc1. The maximum atomic E-state index is 12.6. The molecule has 0 saturated heterocycles. The van der Waals surface area contributed by atoms with Gasteiger partial charge in [-0.2, -0.15) is 0 Å². The largest absolute Gasteiger partial charge is 0.465 e. The van der Waals surface area contributed by atoms with Crippen molar-refractivity contribution in [3.8, 4) is 0 Å². The Bertz CT molecular complexity index is 671. The average molecular weight is 356 g/mol. The minimum Gasteiger partial charge on any atom is -0.465 e. The molecule has 4 heteroatoms. The highest BCUT2D eigenvalue weighted by atomic mass is 16.6.